The van der Waals surface area contributed by atoms with Crippen molar-refractivity contribution in [3.63, 3.8) is 0 Å². The van der Waals surface area contributed by atoms with Crippen molar-refractivity contribution in [1.29, 1.82) is 0 Å². The molecule has 1 amide bonds. The number of ether oxygens (including phenoxy) is 2. The molecule has 0 aliphatic rings. The standard InChI is InChI=1S/C20H26N2O3/c1-13(25-16-9-6-14(7-10-16)20(2,3)4)19(23)22-17-12-15(21)8-11-18(17)24-5/h6-13H,21H2,1-5H3,(H,22,23)/t13-/m0/s1. The Bertz CT molecular complexity index is 734. The van der Waals surface area contributed by atoms with Crippen LogP contribution in [0.4, 0.5) is 11.4 Å². The number of nitrogen functional groups attached to an aromatic ring is 1. The largest absolute Gasteiger partial charge is 0.495 e. The molecular formula is C20H26N2O3. The van der Waals surface area contributed by atoms with Gasteiger partial charge >= 0.3 is 0 Å². The third kappa shape index (κ3) is 4.89. The Morgan fingerprint density at radius 1 is 1.12 bits per heavy atom. The van der Waals surface area contributed by atoms with Crippen LogP contribution >= 0.6 is 0 Å². The number of rotatable bonds is 5. The Hall–Kier alpha value is -2.69. The van der Waals surface area contributed by atoms with E-state index in [1.165, 1.54) is 12.7 Å². The van der Waals surface area contributed by atoms with E-state index in [9.17, 15) is 4.79 Å². The molecule has 0 saturated carbocycles. The van der Waals surface area contributed by atoms with Gasteiger partial charge in [-0.1, -0.05) is 32.9 Å². The van der Waals surface area contributed by atoms with Crippen LogP contribution in [0.5, 0.6) is 11.5 Å². The van der Waals surface area contributed by atoms with Crippen molar-refractivity contribution in [2.75, 3.05) is 18.2 Å². The van der Waals surface area contributed by atoms with Gasteiger partial charge in [-0.25, -0.2) is 0 Å². The Morgan fingerprint density at radius 3 is 2.32 bits per heavy atom. The molecule has 0 aliphatic heterocycles. The van der Waals surface area contributed by atoms with Crippen molar-refractivity contribution in [3.05, 3.63) is 48.0 Å². The van der Waals surface area contributed by atoms with Gasteiger partial charge in [-0.2, -0.15) is 0 Å². The fourth-order valence-corrected chi connectivity index (χ4v) is 2.35. The van der Waals surface area contributed by atoms with Crippen LogP contribution in [0.25, 0.3) is 0 Å². The first-order chi connectivity index (χ1) is 11.7. The van der Waals surface area contributed by atoms with Gasteiger partial charge in [0.1, 0.15) is 11.5 Å². The minimum Gasteiger partial charge on any atom is -0.495 e. The van der Waals surface area contributed by atoms with Crippen LogP contribution in [0.2, 0.25) is 0 Å². The van der Waals surface area contributed by atoms with E-state index in [0.717, 1.165) is 0 Å². The molecule has 0 saturated heterocycles. The quantitative estimate of drug-likeness (QED) is 0.806. The van der Waals surface area contributed by atoms with Gasteiger partial charge in [0.15, 0.2) is 6.10 Å². The number of carbonyl (C=O) groups is 1. The molecule has 2 rings (SSSR count). The molecular weight excluding hydrogens is 316 g/mol. The van der Waals surface area contributed by atoms with Crippen LogP contribution in [0.3, 0.4) is 0 Å². The Morgan fingerprint density at radius 2 is 1.76 bits per heavy atom. The average Bonchev–Trinajstić information content (AvgIpc) is 2.54. The lowest BCUT2D eigenvalue weighted by Crippen LogP contribution is -2.30. The normalized spacial score (nSPS) is 12.4. The molecule has 3 N–H and O–H groups in total. The number of anilines is 2. The van der Waals surface area contributed by atoms with E-state index in [1.807, 2.05) is 24.3 Å². The second-order valence-electron chi connectivity index (χ2n) is 6.98. The Labute approximate surface area is 149 Å². The molecule has 5 heteroatoms. The van der Waals surface area contributed by atoms with E-state index < -0.39 is 6.10 Å². The lowest BCUT2D eigenvalue weighted by molar-refractivity contribution is -0.122. The number of nitrogens with two attached hydrogens (primary N) is 1. The van der Waals surface area contributed by atoms with E-state index in [-0.39, 0.29) is 11.3 Å². The van der Waals surface area contributed by atoms with E-state index in [1.54, 1.807) is 25.1 Å². The minimum absolute atomic E-state index is 0.0747. The first-order valence-electron chi connectivity index (χ1n) is 8.22. The van der Waals surface area contributed by atoms with Gasteiger partial charge in [0.2, 0.25) is 0 Å². The summed E-state index contributed by atoms with van der Waals surface area (Å²) in [4.78, 5) is 12.4. The maximum atomic E-state index is 12.4. The summed E-state index contributed by atoms with van der Waals surface area (Å²) in [6, 6.07) is 12.9. The lowest BCUT2D eigenvalue weighted by Gasteiger charge is -2.20. The van der Waals surface area contributed by atoms with E-state index >= 15 is 0 Å². The highest BCUT2D eigenvalue weighted by atomic mass is 16.5. The van der Waals surface area contributed by atoms with Crippen LogP contribution in [0.1, 0.15) is 33.3 Å². The highest BCUT2D eigenvalue weighted by Gasteiger charge is 2.18. The smallest absolute Gasteiger partial charge is 0.265 e. The maximum absolute atomic E-state index is 12.4. The first kappa shape index (κ1) is 18.6. The SMILES string of the molecule is COc1ccc(N)cc1NC(=O)[C@H](C)Oc1ccc(C(C)(C)C)cc1. The van der Waals surface area contributed by atoms with Crippen molar-refractivity contribution in [2.24, 2.45) is 0 Å². The molecule has 0 radical (unpaired) electrons. The summed E-state index contributed by atoms with van der Waals surface area (Å²) in [7, 11) is 1.54. The molecule has 2 aromatic carbocycles. The van der Waals surface area contributed by atoms with Gasteiger partial charge in [-0.05, 0) is 48.2 Å². The molecule has 0 aliphatic carbocycles. The van der Waals surface area contributed by atoms with Gasteiger partial charge in [0, 0.05) is 5.69 Å². The van der Waals surface area contributed by atoms with Crippen molar-refractivity contribution in [2.45, 2.75) is 39.2 Å². The lowest BCUT2D eigenvalue weighted by atomic mass is 9.87. The molecule has 2 aromatic rings. The van der Waals surface area contributed by atoms with Crippen molar-refractivity contribution >= 4 is 17.3 Å². The summed E-state index contributed by atoms with van der Waals surface area (Å²) in [6.45, 7) is 8.15. The van der Waals surface area contributed by atoms with Gasteiger partial charge < -0.3 is 20.5 Å². The number of carbonyl (C=O) groups excluding carboxylic acids is 1. The van der Waals surface area contributed by atoms with Crippen molar-refractivity contribution < 1.29 is 14.3 Å². The van der Waals surface area contributed by atoms with Crippen molar-refractivity contribution in [3.8, 4) is 11.5 Å². The zero-order valence-corrected chi connectivity index (χ0v) is 15.4. The summed E-state index contributed by atoms with van der Waals surface area (Å²) in [5, 5.41) is 2.79. The Kier molecular flexibility index (Phi) is 5.57. The van der Waals surface area contributed by atoms with Gasteiger partial charge in [0.25, 0.3) is 5.91 Å². The Balaban J connectivity index is 2.04. The average molecular weight is 342 g/mol. The number of nitrogens with one attached hydrogen (secondary N) is 1. The third-order valence-corrected chi connectivity index (χ3v) is 3.88. The van der Waals surface area contributed by atoms with Crippen LogP contribution in [0.15, 0.2) is 42.5 Å². The summed E-state index contributed by atoms with van der Waals surface area (Å²) >= 11 is 0. The number of methoxy groups -OCH3 is 1. The molecule has 0 fully saturated rings. The fraction of sp³-hybridized carbons (Fsp3) is 0.350. The summed E-state index contributed by atoms with van der Waals surface area (Å²) < 4.78 is 11.0. The predicted octanol–water partition coefficient (Wildman–Crippen LogP) is 3.98. The molecule has 5 nitrogen and oxygen atoms in total. The molecule has 0 bridgehead atoms. The predicted molar refractivity (Wildman–Crippen MR) is 101 cm³/mol. The second kappa shape index (κ2) is 7.47. The summed E-state index contributed by atoms with van der Waals surface area (Å²) in [5.41, 5.74) is 8.12. The zero-order chi connectivity index (χ0) is 18.6. The zero-order valence-electron chi connectivity index (χ0n) is 15.4. The highest BCUT2D eigenvalue weighted by molar-refractivity contribution is 5.95. The van der Waals surface area contributed by atoms with Gasteiger partial charge in [-0.3, -0.25) is 4.79 Å². The highest BCUT2D eigenvalue weighted by Crippen LogP contribution is 2.27. The first-order valence-corrected chi connectivity index (χ1v) is 8.22. The molecule has 1 atom stereocenters. The van der Waals surface area contributed by atoms with Gasteiger partial charge in [-0.15, -0.1) is 0 Å². The van der Waals surface area contributed by atoms with E-state index in [0.29, 0.717) is 22.9 Å². The summed E-state index contributed by atoms with van der Waals surface area (Å²) in [5.74, 6) is 0.920. The molecule has 25 heavy (non-hydrogen) atoms. The number of benzene rings is 2. The number of hydrogen-bond donors (Lipinski definition) is 2. The maximum Gasteiger partial charge on any atom is 0.265 e. The molecule has 0 spiro atoms. The number of amides is 1. The third-order valence-electron chi connectivity index (χ3n) is 3.88. The molecule has 134 valence electrons. The van der Waals surface area contributed by atoms with Crippen LogP contribution in [-0.2, 0) is 10.2 Å². The molecule has 0 aromatic heterocycles. The monoisotopic (exact) mass is 342 g/mol. The van der Waals surface area contributed by atoms with Gasteiger partial charge in [0.05, 0.1) is 12.8 Å². The van der Waals surface area contributed by atoms with E-state index in [4.69, 9.17) is 15.2 Å². The topological polar surface area (TPSA) is 73.6 Å². The minimum atomic E-state index is -0.661. The molecule has 0 unspecified atom stereocenters. The van der Waals surface area contributed by atoms with E-state index in [2.05, 4.69) is 26.1 Å². The second-order valence-corrected chi connectivity index (χ2v) is 6.98. The summed E-state index contributed by atoms with van der Waals surface area (Å²) in [6.07, 6.45) is -0.661. The number of hydrogen-bond acceptors (Lipinski definition) is 4. The van der Waals surface area contributed by atoms with Crippen LogP contribution < -0.4 is 20.5 Å². The van der Waals surface area contributed by atoms with Crippen molar-refractivity contribution in [1.82, 2.24) is 0 Å². The van der Waals surface area contributed by atoms with Crippen LogP contribution in [-0.4, -0.2) is 19.1 Å². The van der Waals surface area contributed by atoms with Crippen LogP contribution in [0, 0.1) is 0 Å². The molecule has 0 heterocycles. The fourth-order valence-electron chi connectivity index (χ4n) is 2.35.